The summed E-state index contributed by atoms with van der Waals surface area (Å²) in [5.74, 6) is 0.0652. The van der Waals surface area contributed by atoms with Crippen LogP contribution < -0.4 is 9.80 Å². The Morgan fingerprint density at radius 3 is 2.48 bits per heavy atom. The van der Waals surface area contributed by atoms with Crippen LogP contribution in [-0.2, 0) is 11.3 Å². The highest BCUT2D eigenvalue weighted by Gasteiger charge is 2.19. The largest absolute Gasteiger partial charge is 0.488 e. The van der Waals surface area contributed by atoms with Crippen molar-refractivity contribution in [2.24, 2.45) is 0 Å². The summed E-state index contributed by atoms with van der Waals surface area (Å²) in [5.41, 5.74) is 1.96. The van der Waals surface area contributed by atoms with Crippen LogP contribution in [0.5, 0.6) is 5.75 Å². The summed E-state index contributed by atoms with van der Waals surface area (Å²) in [6.07, 6.45) is -3.64. The third-order valence-corrected chi connectivity index (χ3v) is 3.81. The number of alkyl halides is 2. The molecule has 0 bridgehead atoms. The number of carbonyl (C=O) groups is 1. The van der Waals surface area contributed by atoms with Gasteiger partial charge in [-0.05, 0) is 43.2 Å². The second kappa shape index (κ2) is 7.94. The van der Waals surface area contributed by atoms with Gasteiger partial charge >= 0.3 is 6.09 Å². The lowest BCUT2D eigenvalue weighted by Gasteiger charge is -2.18. The Morgan fingerprint density at radius 1 is 1.20 bits per heavy atom. The number of rotatable bonds is 5. The fraction of sp³-hybridized carbons (Fsp3) is 0.278. The number of ether oxygens (including phenoxy) is 2. The quantitative estimate of drug-likeness (QED) is 0.622. The van der Waals surface area contributed by atoms with Gasteiger partial charge in [0, 0.05) is 5.56 Å². The molecule has 0 aliphatic carbocycles. The van der Waals surface area contributed by atoms with Crippen LogP contribution in [0.2, 0.25) is 0 Å². The van der Waals surface area contributed by atoms with Crippen LogP contribution in [0, 0.1) is 13.8 Å². The molecule has 0 heterocycles. The van der Waals surface area contributed by atoms with Gasteiger partial charge in [-0.3, -0.25) is 5.21 Å². The molecule has 0 spiro atoms. The molecule has 0 radical (unpaired) electrons. The van der Waals surface area contributed by atoms with E-state index in [9.17, 15) is 18.8 Å². The summed E-state index contributed by atoms with van der Waals surface area (Å²) >= 11 is 0. The monoisotopic (exact) mass is 351 g/mol. The number of anilines is 1. The fourth-order valence-corrected chi connectivity index (χ4v) is 2.29. The molecule has 7 heteroatoms. The van der Waals surface area contributed by atoms with Gasteiger partial charge in [0.15, 0.2) is 0 Å². The molecule has 0 aromatic heterocycles. The van der Waals surface area contributed by atoms with Crippen molar-refractivity contribution in [1.29, 1.82) is 0 Å². The van der Waals surface area contributed by atoms with E-state index in [2.05, 4.69) is 4.74 Å². The molecule has 5 nitrogen and oxygen atoms in total. The number of hydroxylamine groups is 1. The standard InChI is InChI=1S/C18H19F2NO4/c1-11-8-14(17(19)20)16(9-12(11)2)25-10-13-6-4-5-7-15(13)21(23)18(22)24-3/h4-9,17,23H,10H2,1-3H3. The summed E-state index contributed by atoms with van der Waals surface area (Å²) in [6.45, 7) is 3.45. The average molecular weight is 351 g/mol. The first-order valence-electron chi connectivity index (χ1n) is 7.52. The van der Waals surface area contributed by atoms with Crippen molar-refractivity contribution in [2.45, 2.75) is 26.9 Å². The zero-order chi connectivity index (χ0) is 18.6. The number of hydrogen-bond acceptors (Lipinski definition) is 4. The van der Waals surface area contributed by atoms with E-state index in [1.807, 2.05) is 0 Å². The number of halogens is 2. The molecule has 0 fully saturated rings. The van der Waals surface area contributed by atoms with Gasteiger partial charge in [-0.2, -0.15) is 5.06 Å². The van der Waals surface area contributed by atoms with Gasteiger partial charge in [-0.25, -0.2) is 13.6 Å². The predicted molar refractivity (Wildman–Crippen MR) is 88.3 cm³/mol. The number of amides is 1. The van der Waals surface area contributed by atoms with Crippen LogP contribution in [0.25, 0.3) is 0 Å². The predicted octanol–water partition coefficient (Wildman–Crippen LogP) is 4.78. The average Bonchev–Trinajstić information content (AvgIpc) is 2.61. The van der Waals surface area contributed by atoms with Crippen LogP contribution in [0.1, 0.15) is 28.7 Å². The SMILES string of the molecule is COC(=O)N(O)c1ccccc1COc1cc(C)c(C)cc1C(F)F. The number of aryl methyl sites for hydroxylation is 2. The molecule has 0 unspecified atom stereocenters. The summed E-state index contributed by atoms with van der Waals surface area (Å²) < 4.78 is 36.5. The van der Waals surface area contributed by atoms with Crippen molar-refractivity contribution in [3.05, 3.63) is 58.7 Å². The maximum Gasteiger partial charge on any atom is 0.438 e. The molecule has 134 valence electrons. The lowest BCUT2D eigenvalue weighted by atomic mass is 10.1. The molecule has 0 aliphatic rings. The first-order valence-corrected chi connectivity index (χ1v) is 7.52. The number of carbonyl (C=O) groups excluding carboxylic acids is 1. The van der Waals surface area contributed by atoms with Crippen LogP contribution in [0.3, 0.4) is 0 Å². The molecule has 2 aromatic carbocycles. The Balaban J connectivity index is 2.28. The minimum Gasteiger partial charge on any atom is -0.488 e. The lowest BCUT2D eigenvalue weighted by Crippen LogP contribution is -2.27. The number of nitrogens with zero attached hydrogens (tertiary/aromatic N) is 1. The number of hydrogen-bond donors (Lipinski definition) is 1. The van der Waals surface area contributed by atoms with E-state index in [0.717, 1.165) is 18.2 Å². The van der Waals surface area contributed by atoms with Crippen LogP contribution >= 0.6 is 0 Å². The molecule has 0 saturated carbocycles. The number of benzene rings is 2. The zero-order valence-corrected chi connectivity index (χ0v) is 14.1. The second-order valence-corrected chi connectivity index (χ2v) is 5.47. The zero-order valence-electron chi connectivity index (χ0n) is 14.1. The van der Waals surface area contributed by atoms with Crippen LogP contribution in [0.15, 0.2) is 36.4 Å². The lowest BCUT2D eigenvalue weighted by molar-refractivity contribution is 0.140. The van der Waals surface area contributed by atoms with Gasteiger partial charge < -0.3 is 9.47 Å². The van der Waals surface area contributed by atoms with Crippen LogP contribution in [-0.4, -0.2) is 18.4 Å². The molecule has 2 rings (SSSR count). The van der Waals surface area contributed by atoms with Gasteiger partial charge in [0.05, 0.1) is 18.4 Å². The van der Waals surface area contributed by atoms with Crippen molar-refractivity contribution in [2.75, 3.05) is 12.2 Å². The van der Waals surface area contributed by atoms with Gasteiger partial charge in [0.2, 0.25) is 0 Å². The molecule has 0 saturated heterocycles. The van der Waals surface area contributed by atoms with Gasteiger partial charge in [-0.1, -0.05) is 18.2 Å². The Labute approximate surface area is 144 Å². The Morgan fingerprint density at radius 2 is 1.84 bits per heavy atom. The van der Waals surface area contributed by atoms with Gasteiger partial charge in [0.25, 0.3) is 6.43 Å². The van der Waals surface area contributed by atoms with E-state index in [1.54, 1.807) is 38.1 Å². The molecular weight excluding hydrogens is 332 g/mol. The Hall–Kier alpha value is -2.67. The van der Waals surface area contributed by atoms with E-state index in [4.69, 9.17) is 4.74 Å². The molecule has 0 aliphatic heterocycles. The number of methoxy groups -OCH3 is 1. The topological polar surface area (TPSA) is 59.0 Å². The van der Waals surface area contributed by atoms with Gasteiger partial charge in [-0.15, -0.1) is 0 Å². The van der Waals surface area contributed by atoms with E-state index < -0.39 is 12.5 Å². The maximum atomic E-state index is 13.2. The number of para-hydroxylation sites is 1. The van der Waals surface area contributed by atoms with E-state index in [-0.39, 0.29) is 23.6 Å². The fourth-order valence-electron chi connectivity index (χ4n) is 2.29. The molecule has 0 atom stereocenters. The van der Waals surface area contributed by atoms with Crippen molar-refractivity contribution in [3.8, 4) is 5.75 Å². The molecule has 1 N–H and O–H groups in total. The first kappa shape index (κ1) is 18.7. The highest BCUT2D eigenvalue weighted by molar-refractivity contribution is 5.85. The first-order chi connectivity index (χ1) is 11.8. The van der Waals surface area contributed by atoms with Crippen molar-refractivity contribution in [1.82, 2.24) is 0 Å². The van der Waals surface area contributed by atoms with E-state index in [1.165, 1.54) is 12.1 Å². The van der Waals surface area contributed by atoms with E-state index in [0.29, 0.717) is 10.6 Å². The van der Waals surface area contributed by atoms with Crippen molar-refractivity contribution >= 4 is 11.8 Å². The minimum atomic E-state index is -2.67. The second-order valence-electron chi connectivity index (χ2n) is 5.47. The molecular formula is C18H19F2NO4. The molecule has 25 heavy (non-hydrogen) atoms. The van der Waals surface area contributed by atoms with E-state index >= 15 is 0 Å². The summed E-state index contributed by atoms with van der Waals surface area (Å²) in [5, 5.41) is 10.2. The summed E-state index contributed by atoms with van der Waals surface area (Å²) in [6, 6.07) is 9.35. The highest BCUT2D eigenvalue weighted by Crippen LogP contribution is 2.33. The van der Waals surface area contributed by atoms with Crippen molar-refractivity contribution < 1.29 is 28.3 Å². The third kappa shape index (κ3) is 4.24. The normalized spacial score (nSPS) is 10.7. The smallest absolute Gasteiger partial charge is 0.438 e. The Kier molecular flexibility index (Phi) is 5.93. The van der Waals surface area contributed by atoms with Crippen molar-refractivity contribution in [3.63, 3.8) is 0 Å². The third-order valence-electron chi connectivity index (χ3n) is 3.81. The molecule has 1 amide bonds. The summed E-state index contributed by atoms with van der Waals surface area (Å²) in [4.78, 5) is 11.5. The maximum absolute atomic E-state index is 13.2. The summed E-state index contributed by atoms with van der Waals surface area (Å²) in [7, 11) is 1.13. The molecule has 2 aromatic rings. The highest BCUT2D eigenvalue weighted by atomic mass is 19.3. The minimum absolute atomic E-state index is 0.0652. The van der Waals surface area contributed by atoms with Gasteiger partial charge in [0.1, 0.15) is 12.4 Å². The van der Waals surface area contributed by atoms with Crippen LogP contribution in [0.4, 0.5) is 19.3 Å². The Bertz CT molecular complexity index is 765.